The Balaban J connectivity index is 2.28. The Morgan fingerprint density at radius 3 is 2.57 bits per heavy atom. The first-order valence-electron chi connectivity index (χ1n) is 7.60. The Bertz CT molecular complexity index is 632. The lowest BCUT2D eigenvalue weighted by Gasteiger charge is -2.39. The first kappa shape index (κ1) is 17.7. The fourth-order valence-electron chi connectivity index (χ4n) is 3.20. The second kappa shape index (κ2) is 6.48. The maximum absolute atomic E-state index is 14.2. The lowest BCUT2D eigenvalue weighted by molar-refractivity contribution is -0.148. The Labute approximate surface area is 140 Å². The first-order valence-corrected chi connectivity index (χ1v) is 7.98. The minimum Gasteiger partial charge on any atom is -0.481 e. The predicted octanol–water partition coefficient (Wildman–Crippen LogP) is 3.33. The van der Waals surface area contributed by atoms with Gasteiger partial charge in [-0.1, -0.05) is 24.6 Å². The molecule has 0 spiro atoms. The molecular weight excluding hydrogens is 321 g/mol. The summed E-state index contributed by atoms with van der Waals surface area (Å²) in [6.45, 7) is 5.87. The minimum absolute atomic E-state index is 0.0969. The Morgan fingerprint density at radius 2 is 2.00 bits per heavy atom. The zero-order valence-corrected chi connectivity index (χ0v) is 14.2. The number of hydrogen-bond acceptors (Lipinski definition) is 2. The highest BCUT2D eigenvalue weighted by molar-refractivity contribution is 6.30. The van der Waals surface area contributed by atoms with Gasteiger partial charge in [-0.05, 0) is 38.3 Å². The van der Waals surface area contributed by atoms with Crippen LogP contribution >= 0.6 is 11.6 Å². The second-order valence-corrected chi connectivity index (χ2v) is 7.27. The van der Waals surface area contributed by atoms with Crippen LogP contribution in [0.25, 0.3) is 0 Å². The maximum atomic E-state index is 14.2. The number of nitrogens with zero attached hydrogens (tertiary/aromatic N) is 1. The molecule has 1 saturated heterocycles. The number of hydrogen-bond donors (Lipinski definition) is 1. The van der Waals surface area contributed by atoms with Crippen molar-refractivity contribution in [1.82, 2.24) is 4.90 Å². The lowest BCUT2D eigenvalue weighted by Crippen LogP contribution is -2.51. The van der Waals surface area contributed by atoms with Crippen LogP contribution in [0.2, 0.25) is 5.02 Å². The van der Waals surface area contributed by atoms with Crippen molar-refractivity contribution >= 4 is 23.5 Å². The van der Waals surface area contributed by atoms with Crippen molar-refractivity contribution in [2.45, 2.75) is 32.6 Å². The summed E-state index contributed by atoms with van der Waals surface area (Å²) in [4.78, 5) is 25.7. The van der Waals surface area contributed by atoms with E-state index in [-0.39, 0.29) is 29.0 Å². The van der Waals surface area contributed by atoms with E-state index in [0.29, 0.717) is 13.0 Å². The Kier molecular flexibility index (Phi) is 4.99. The van der Waals surface area contributed by atoms with Crippen molar-refractivity contribution in [3.8, 4) is 0 Å². The highest BCUT2D eigenvalue weighted by Crippen LogP contribution is 2.32. The van der Waals surface area contributed by atoms with E-state index in [1.54, 1.807) is 24.8 Å². The molecule has 1 fully saturated rings. The number of benzene rings is 1. The summed E-state index contributed by atoms with van der Waals surface area (Å²) in [6.07, 6.45) is 0.550. The van der Waals surface area contributed by atoms with Gasteiger partial charge in [0.2, 0.25) is 5.91 Å². The van der Waals surface area contributed by atoms with Crippen LogP contribution in [0, 0.1) is 17.7 Å². The molecule has 1 aliphatic rings. The van der Waals surface area contributed by atoms with Crippen molar-refractivity contribution < 1.29 is 19.1 Å². The molecule has 0 radical (unpaired) electrons. The third kappa shape index (κ3) is 3.66. The summed E-state index contributed by atoms with van der Waals surface area (Å²) in [5, 5.41) is 9.51. The third-order valence-corrected chi connectivity index (χ3v) is 4.67. The van der Waals surface area contributed by atoms with Crippen LogP contribution in [-0.2, 0) is 15.0 Å². The summed E-state index contributed by atoms with van der Waals surface area (Å²) < 4.78 is 14.2. The van der Waals surface area contributed by atoms with Crippen LogP contribution in [0.15, 0.2) is 18.2 Å². The molecule has 1 aliphatic heterocycles. The van der Waals surface area contributed by atoms with Gasteiger partial charge in [-0.3, -0.25) is 9.59 Å². The van der Waals surface area contributed by atoms with Crippen LogP contribution in [-0.4, -0.2) is 35.0 Å². The summed E-state index contributed by atoms with van der Waals surface area (Å²) in [5.41, 5.74) is -0.827. The van der Waals surface area contributed by atoms with E-state index in [2.05, 4.69) is 0 Å². The average molecular weight is 342 g/mol. The van der Waals surface area contributed by atoms with Crippen molar-refractivity contribution in [3.05, 3.63) is 34.6 Å². The van der Waals surface area contributed by atoms with Crippen LogP contribution in [0.1, 0.15) is 32.8 Å². The number of halogens is 2. The molecule has 2 rings (SSSR count). The monoisotopic (exact) mass is 341 g/mol. The minimum atomic E-state index is -1.09. The predicted molar refractivity (Wildman–Crippen MR) is 85.9 cm³/mol. The van der Waals surface area contributed by atoms with E-state index in [1.807, 2.05) is 6.92 Å². The van der Waals surface area contributed by atoms with Crippen molar-refractivity contribution in [1.29, 1.82) is 0 Å². The molecule has 4 nitrogen and oxygen atoms in total. The highest BCUT2D eigenvalue weighted by Gasteiger charge is 2.40. The molecule has 0 aliphatic carbocycles. The summed E-state index contributed by atoms with van der Waals surface area (Å²) in [6, 6.07) is 4.25. The number of carbonyl (C=O) groups is 2. The number of aliphatic carboxylic acids is 1. The quantitative estimate of drug-likeness (QED) is 0.917. The molecule has 0 bridgehead atoms. The molecule has 1 heterocycles. The highest BCUT2D eigenvalue weighted by atomic mass is 35.5. The van der Waals surface area contributed by atoms with Crippen LogP contribution in [0.3, 0.4) is 0 Å². The average Bonchev–Trinajstić information content (AvgIpc) is 2.45. The van der Waals surface area contributed by atoms with Gasteiger partial charge >= 0.3 is 5.97 Å². The molecule has 23 heavy (non-hydrogen) atoms. The molecule has 2 unspecified atom stereocenters. The zero-order valence-electron chi connectivity index (χ0n) is 13.5. The number of likely N-dealkylation sites (tertiary alicyclic amines) is 1. The van der Waals surface area contributed by atoms with Crippen LogP contribution < -0.4 is 0 Å². The molecule has 6 heteroatoms. The van der Waals surface area contributed by atoms with Gasteiger partial charge in [-0.15, -0.1) is 0 Å². The zero-order chi connectivity index (χ0) is 17.4. The van der Waals surface area contributed by atoms with Crippen molar-refractivity contribution in [2.24, 2.45) is 11.8 Å². The molecule has 126 valence electrons. The topological polar surface area (TPSA) is 57.6 Å². The Morgan fingerprint density at radius 1 is 1.35 bits per heavy atom. The van der Waals surface area contributed by atoms with Crippen LogP contribution in [0.4, 0.5) is 4.39 Å². The standard InChI is InChI=1S/C17H21ClFNO3/c1-10-6-11(15(21)22)9-20(8-10)16(23)17(2,3)13-5-4-12(18)7-14(13)19/h4-5,7,10-11H,6,8-9H2,1-3H3,(H,21,22). The van der Waals surface area contributed by atoms with Gasteiger partial charge in [0.25, 0.3) is 0 Å². The van der Waals surface area contributed by atoms with Crippen molar-refractivity contribution in [3.63, 3.8) is 0 Å². The smallest absolute Gasteiger partial charge is 0.308 e. The second-order valence-electron chi connectivity index (χ2n) is 6.84. The summed E-state index contributed by atoms with van der Waals surface area (Å²) in [5.74, 6) is -2.18. The Hall–Kier alpha value is -1.62. The number of carboxylic acid groups (broad SMARTS) is 1. The van der Waals surface area contributed by atoms with Gasteiger partial charge in [-0.2, -0.15) is 0 Å². The van der Waals surface area contributed by atoms with Crippen molar-refractivity contribution in [2.75, 3.05) is 13.1 Å². The van der Waals surface area contributed by atoms with E-state index in [1.165, 1.54) is 12.1 Å². The molecular formula is C17H21ClFNO3. The number of rotatable bonds is 3. The molecule has 0 aromatic heterocycles. The van der Waals surface area contributed by atoms with Crippen LogP contribution in [0.5, 0.6) is 0 Å². The molecule has 1 amide bonds. The summed E-state index contributed by atoms with van der Waals surface area (Å²) >= 11 is 5.77. The van der Waals surface area contributed by atoms with E-state index in [9.17, 15) is 19.1 Å². The number of amides is 1. The number of carbonyl (C=O) groups excluding carboxylic acids is 1. The van der Waals surface area contributed by atoms with E-state index >= 15 is 0 Å². The molecule has 1 N–H and O–H groups in total. The normalized spacial score (nSPS) is 22.0. The summed E-state index contributed by atoms with van der Waals surface area (Å²) in [7, 11) is 0. The lowest BCUT2D eigenvalue weighted by atomic mass is 9.81. The van der Waals surface area contributed by atoms with Gasteiger partial charge in [-0.25, -0.2) is 4.39 Å². The SMILES string of the molecule is CC1CC(C(=O)O)CN(C(=O)C(C)(C)c2ccc(Cl)cc2F)C1. The van der Waals surface area contributed by atoms with Gasteiger partial charge in [0, 0.05) is 23.7 Å². The van der Waals surface area contributed by atoms with E-state index < -0.39 is 23.1 Å². The molecule has 1 aromatic carbocycles. The molecule has 1 aromatic rings. The van der Waals surface area contributed by atoms with E-state index in [4.69, 9.17) is 11.6 Å². The van der Waals surface area contributed by atoms with E-state index in [0.717, 1.165) is 0 Å². The van der Waals surface area contributed by atoms with Gasteiger partial charge in [0.15, 0.2) is 0 Å². The fraction of sp³-hybridized carbons (Fsp3) is 0.529. The van der Waals surface area contributed by atoms with Gasteiger partial charge in [0.05, 0.1) is 11.3 Å². The van der Waals surface area contributed by atoms with Gasteiger partial charge < -0.3 is 10.0 Å². The first-order chi connectivity index (χ1) is 10.6. The van der Waals surface area contributed by atoms with Gasteiger partial charge in [0.1, 0.15) is 5.82 Å². The fourth-order valence-corrected chi connectivity index (χ4v) is 3.36. The number of carboxylic acids is 1. The third-order valence-electron chi connectivity index (χ3n) is 4.44. The number of piperidine rings is 1. The molecule has 2 atom stereocenters. The largest absolute Gasteiger partial charge is 0.481 e. The molecule has 0 saturated carbocycles. The maximum Gasteiger partial charge on any atom is 0.308 e.